The fraction of sp³-hybridized carbons (Fsp3) is 0.562. The van der Waals surface area contributed by atoms with E-state index in [9.17, 15) is 10.2 Å². The number of phenolic OH excluding ortho intramolecular Hbond substituents is 2. The number of hydrogen-bond donors (Lipinski definition) is 2. The van der Waals surface area contributed by atoms with Crippen LogP contribution in [0.15, 0.2) is 34.3 Å². The summed E-state index contributed by atoms with van der Waals surface area (Å²) in [4.78, 5) is 9.11. The minimum atomic E-state index is -0.556. The summed E-state index contributed by atoms with van der Waals surface area (Å²) in [6.45, 7) is 26.7. The van der Waals surface area contributed by atoms with Gasteiger partial charge in [0.15, 0.2) is 0 Å². The zero-order valence-electron chi connectivity index (χ0n) is 25.9. The fourth-order valence-electron chi connectivity index (χ4n) is 3.96. The van der Waals surface area contributed by atoms with Crippen LogP contribution in [0, 0.1) is 0 Å². The molecule has 0 saturated carbocycles. The first kappa shape index (κ1) is 35.7. The van der Waals surface area contributed by atoms with Crippen molar-refractivity contribution in [2.24, 2.45) is 9.98 Å². The first-order chi connectivity index (χ1) is 17.6. The van der Waals surface area contributed by atoms with Crippen LogP contribution in [0.3, 0.4) is 0 Å². The molecular weight excluding hydrogens is 563 g/mol. The van der Waals surface area contributed by atoms with Crippen LogP contribution in [0.5, 0.6) is 11.5 Å². The summed E-state index contributed by atoms with van der Waals surface area (Å²) in [5, 5.41) is 21.9. The van der Waals surface area contributed by atoms with Crippen LogP contribution in [-0.2, 0) is 38.7 Å². The van der Waals surface area contributed by atoms with Gasteiger partial charge in [0.05, 0.1) is 13.1 Å². The zero-order valence-corrected chi connectivity index (χ0v) is 29.0. The Morgan fingerprint density at radius 1 is 0.590 bits per heavy atom. The van der Waals surface area contributed by atoms with E-state index in [1.165, 1.54) is 11.1 Å². The third kappa shape index (κ3) is 10.9. The van der Waals surface area contributed by atoms with Gasteiger partial charge >= 0.3 is 35.6 Å². The second kappa shape index (κ2) is 14.0. The van der Waals surface area contributed by atoms with Crippen molar-refractivity contribution in [3.05, 3.63) is 57.6 Å². The number of aromatic hydroxyl groups is 2. The summed E-state index contributed by atoms with van der Waals surface area (Å²) >= 11 is -0.556. The fourth-order valence-corrected chi connectivity index (χ4v) is 3.96. The van der Waals surface area contributed by atoms with Crippen LogP contribution in [0.2, 0.25) is 0 Å². The molecule has 2 rings (SSSR count). The molecule has 0 saturated heterocycles. The van der Waals surface area contributed by atoms with Crippen LogP contribution in [0.1, 0.15) is 116 Å². The van der Waals surface area contributed by atoms with Crippen molar-refractivity contribution in [2.75, 3.05) is 13.1 Å². The zero-order chi connectivity index (χ0) is 30.4. The van der Waals surface area contributed by atoms with E-state index >= 15 is 0 Å². The molecule has 0 aliphatic heterocycles. The number of rotatable bonds is 5. The normalized spacial score (nSPS) is 13.1. The molecular formula is C32H48Cl2N2O2Ti. The second-order valence-corrected chi connectivity index (χ2v) is 16.6. The number of nitrogens with zero attached hydrogens (tertiary/aromatic N) is 2. The minimum absolute atomic E-state index is 0.0317. The SMILES string of the molecule is CC(C)(C)c1cc(C=NCCN=Cc2cc(C(C)(C)C)cc(C(C)(C)C)c2O)c(O)c(C(C)(C)C)c1.[Cl][Ti][Cl]. The van der Waals surface area contributed by atoms with Crippen LogP contribution in [0.25, 0.3) is 0 Å². The molecule has 0 radical (unpaired) electrons. The molecule has 0 amide bonds. The van der Waals surface area contributed by atoms with E-state index in [0.717, 1.165) is 22.3 Å². The van der Waals surface area contributed by atoms with Crippen molar-refractivity contribution in [3.63, 3.8) is 0 Å². The molecule has 0 aliphatic carbocycles. The van der Waals surface area contributed by atoms with Gasteiger partial charge < -0.3 is 10.2 Å². The van der Waals surface area contributed by atoms with E-state index in [0.29, 0.717) is 24.6 Å². The predicted molar refractivity (Wildman–Crippen MR) is 168 cm³/mol. The number of benzene rings is 2. The molecule has 39 heavy (non-hydrogen) atoms. The van der Waals surface area contributed by atoms with Crippen molar-refractivity contribution in [1.82, 2.24) is 0 Å². The number of halogens is 2. The van der Waals surface area contributed by atoms with Crippen LogP contribution in [-0.4, -0.2) is 35.7 Å². The Kier molecular flexibility index (Phi) is 12.8. The molecule has 0 atom stereocenters. The summed E-state index contributed by atoms with van der Waals surface area (Å²) < 4.78 is 0. The second-order valence-electron chi connectivity index (χ2n) is 14.1. The number of aliphatic imine (C=N–C) groups is 2. The predicted octanol–water partition coefficient (Wildman–Crippen LogP) is 9.20. The van der Waals surface area contributed by atoms with Crippen LogP contribution in [0.4, 0.5) is 0 Å². The van der Waals surface area contributed by atoms with Crippen molar-refractivity contribution >= 4 is 31.0 Å². The van der Waals surface area contributed by atoms with Gasteiger partial charge in [0.1, 0.15) is 11.5 Å². The average molecular weight is 612 g/mol. The molecule has 2 aromatic rings. The summed E-state index contributed by atoms with van der Waals surface area (Å²) in [5.41, 5.74) is 5.27. The molecule has 2 N–H and O–H groups in total. The maximum absolute atomic E-state index is 10.9. The Hall–Kier alpha value is -1.33. The van der Waals surface area contributed by atoms with E-state index in [1.807, 2.05) is 12.1 Å². The summed E-state index contributed by atoms with van der Waals surface area (Å²) in [5.74, 6) is 0.586. The Morgan fingerprint density at radius 2 is 0.872 bits per heavy atom. The van der Waals surface area contributed by atoms with E-state index in [1.54, 1.807) is 12.4 Å². The van der Waals surface area contributed by atoms with Crippen molar-refractivity contribution in [2.45, 2.75) is 105 Å². The maximum atomic E-state index is 10.9. The van der Waals surface area contributed by atoms with Gasteiger partial charge in [0.25, 0.3) is 0 Å². The molecule has 216 valence electrons. The molecule has 0 bridgehead atoms. The van der Waals surface area contributed by atoms with E-state index in [-0.39, 0.29) is 21.7 Å². The van der Waals surface area contributed by atoms with Gasteiger partial charge in [0, 0.05) is 34.7 Å². The summed E-state index contributed by atoms with van der Waals surface area (Å²) in [7, 11) is 9.78. The topological polar surface area (TPSA) is 65.2 Å². The first-order valence-electron chi connectivity index (χ1n) is 13.4. The van der Waals surface area contributed by atoms with E-state index < -0.39 is 17.0 Å². The van der Waals surface area contributed by atoms with Crippen LogP contribution >= 0.6 is 18.6 Å². The molecule has 0 heterocycles. The molecule has 0 aliphatic rings. The van der Waals surface area contributed by atoms with Gasteiger partial charge in [-0.2, -0.15) is 0 Å². The third-order valence-electron chi connectivity index (χ3n) is 6.45. The third-order valence-corrected chi connectivity index (χ3v) is 6.45. The van der Waals surface area contributed by atoms with E-state index in [2.05, 4.69) is 105 Å². The standard InChI is InChI=1S/C32H48N2O2.2ClH.Ti/c1-29(2,3)23-15-21(27(35)25(17-23)31(7,8)9)19-33-13-14-34-20-22-16-24(30(4,5)6)18-26(28(22)36)32(10,11)12;;;/h15-20,35-36H,13-14H2,1-12H3;2*1H;/q;;;+2/p-2. The van der Waals surface area contributed by atoms with Gasteiger partial charge in [-0.15, -0.1) is 0 Å². The van der Waals surface area contributed by atoms with Gasteiger partial charge in [-0.05, 0) is 44.9 Å². The quantitative estimate of drug-likeness (QED) is 0.201. The van der Waals surface area contributed by atoms with Crippen molar-refractivity contribution in [3.8, 4) is 11.5 Å². The van der Waals surface area contributed by atoms with Crippen molar-refractivity contribution in [1.29, 1.82) is 0 Å². The van der Waals surface area contributed by atoms with E-state index in [4.69, 9.17) is 18.6 Å². The van der Waals surface area contributed by atoms with Gasteiger partial charge in [0.2, 0.25) is 0 Å². The molecule has 4 nitrogen and oxygen atoms in total. The summed E-state index contributed by atoms with van der Waals surface area (Å²) in [6, 6.07) is 8.28. The van der Waals surface area contributed by atoms with Gasteiger partial charge in [-0.3, -0.25) is 9.98 Å². The molecule has 2 aromatic carbocycles. The van der Waals surface area contributed by atoms with Gasteiger partial charge in [-0.1, -0.05) is 95.2 Å². The monoisotopic (exact) mass is 610 g/mol. The molecule has 0 unspecified atom stereocenters. The van der Waals surface area contributed by atoms with Gasteiger partial charge in [-0.25, -0.2) is 0 Å². The summed E-state index contributed by atoms with van der Waals surface area (Å²) in [6.07, 6.45) is 3.51. The molecule has 0 aromatic heterocycles. The van der Waals surface area contributed by atoms with Crippen LogP contribution < -0.4 is 0 Å². The van der Waals surface area contributed by atoms with Crippen molar-refractivity contribution < 1.29 is 27.2 Å². The Balaban J connectivity index is 0.00000242. The molecule has 7 heteroatoms. The Bertz CT molecular complexity index is 1070. The Morgan fingerprint density at radius 3 is 1.10 bits per heavy atom. The Labute approximate surface area is 254 Å². The number of phenols is 2. The first-order valence-corrected chi connectivity index (χ1v) is 17.7. The molecule has 0 spiro atoms. The molecule has 0 fully saturated rings. The average Bonchev–Trinajstić information content (AvgIpc) is 2.75. The number of hydrogen-bond acceptors (Lipinski definition) is 4.